The first kappa shape index (κ1) is 23.6. The van der Waals surface area contributed by atoms with Crippen molar-refractivity contribution in [1.29, 1.82) is 0 Å². The first-order chi connectivity index (χ1) is 18.5. The number of aromatic amines is 1. The summed E-state index contributed by atoms with van der Waals surface area (Å²) in [6, 6.07) is 19.0. The van der Waals surface area contributed by atoms with E-state index in [0.29, 0.717) is 28.4 Å². The summed E-state index contributed by atoms with van der Waals surface area (Å²) in [5.74, 6) is 0.0424. The summed E-state index contributed by atoms with van der Waals surface area (Å²) in [4.78, 5) is 42.2. The molecule has 0 aliphatic carbocycles. The summed E-state index contributed by atoms with van der Waals surface area (Å²) < 4.78 is 0. The molecule has 0 bridgehead atoms. The molecule has 6 rings (SSSR count). The van der Waals surface area contributed by atoms with Gasteiger partial charge in [0.1, 0.15) is 17.2 Å². The zero-order valence-corrected chi connectivity index (χ0v) is 20.9. The van der Waals surface area contributed by atoms with Crippen molar-refractivity contribution in [2.24, 2.45) is 4.99 Å². The third-order valence-corrected chi connectivity index (χ3v) is 6.86. The van der Waals surface area contributed by atoms with Crippen LogP contribution in [0.5, 0.6) is 0 Å². The number of hydrogen-bond donors (Lipinski definition) is 3. The minimum absolute atomic E-state index is 0.209. The molecular formula is C29H27N7O2. The van der Waals surface area contributed by atoms with Crippen LogP contribution in [0.4, 0.5) is 11.4 Å². The molecule has 0 saturated carbocycles. The zero-order valence-electron chi connectivity index (χ0n) is 20.9. The van der Waals surface area contributed by atoms with Crippen molar-refractivity contribution >= 4 is 46.1 Å². The van der Waals surface area contributed by atoms with Crippen LogP contribution >= 0.6 is 0 Å². The van der Waals surface area contributed by atoms with E-state index in [4.69, 9.17) is 0 Å². The lowest BCUT2D eigenvalue weighted by molar-refractivity contribution is -0.115. The Balaban J connectivity index is 1.19. The Kier molecular flexibility index (Phi) is 6.19. The highest BCUT2D eigenvalue weighted by molar-refractivity contribution is 6.20. The lowest BCUT2D eigenvalue weighted by Gasteiger charge is -2.34. The van der Waals surface area contributed by atoms with Gasteiger partial charge in [0.05, 0.1) is 11.9 Å². The second kappa shape index (κ2) is 9.95. The molecule has 4 heterocycles. The summed E-state index contributed by atoms with van der Waals surface area (Å²) >= 11 is 0. The van der Waals surface area contributed by atoms with Crippen LogP contribution in [0.3, 0.4) is 0 Å². The number of piperazine rings is 1. The number of benzene rings is 2. The number of hydrogen-bond acceptors (Lipinski definition) is 6. The number of anilines is 2. The molecular weight excluding hydrogens is 478 g/mol. The van der Waals surface area contributed by atoms with Crippen molar-refractivity contribution in [3.8, 4) is 0 Å². The predicted octanol–water partition coefficient (Wildman–Crippen LogP) is 3.48. The molecule has 3 N–H and O–H groups in total. The molecule has 1 fully saturated rings. The fourth-order valence-electron chi connectivity index (χ4n) is 4.65. The van der Waals surface area contributed by atoms with E-state index >= 15 is 0 Å². The Morgan fingerprint density at radius 3 is 2.55 bits per heavy atom. The molecule has 0 atom stereocenters. The van der Waals surface area contributed by atoms with E-state index in [1.807, 2.05) is 60.7 Å². The molecule has 1 saturated heterocycles. The molecule has 2 amide bonds. The highest BCUT2D eigenvalue weighted by Gasteiger charge is 2.21. The van der Waals surface area contributed by atoms with Crippen LogP contribution in [0, 0.1) is 0 Å². The fourth-order valence-corrected chi connectivity index (χ4v) is 4.65. The third-order valence-electron chi connectivity index (χ3n) is 6.86. The SMILES string of the molecule is CN1CCN(c2ccc(C(=O)Nc3cnc4[nH]cc(C=C5N=C(c6ccccc6)NC5=O)c4c3)cc2)CC1. The normalized spacial score (nSPS) is 17.1. The Morgan fingerprint density at radius 2 is 1.79 bits per heavy atom. The lowest BCUT2D eigenvalue weighted by Crippen LogP contribution is -2.44. The van der Waals surface area contributed by atoms with Crippen LogP contribution in [-0.2, 0) is 4.79 Å². The molecule has 2 aromatic heterocycles. The van der Waals surface area contributed by atoms with Crippen LogP contribution in [0.2, 0.25) is 0 Å². The van der Waals surface area contributed by atoms with E-state index in [0.717, 1.165) is 48.4 Å². The maximum absolute atomic E-state index is 12.9. The van der Waals surface area contributed by atoms with Crippen molar-refractivity contribution in [3.05, 3.63) is 95.4 Å². The smallest absolute Gasteiger partial charge is 0.275 e. The Morgan fingerprint density at radius 1 is 1.03 bits per heavy atom. The number of aliphatic imine (C=N–C) groups is 1. The van der Waals surface area contributed by atoms with Gasteiger partial charge in [0.25, 0.3) is 11.8 Å². The Bertz CT molecular complexity index is 1560. The molecule has 4 aromatic rings. The van der Waals surface area contributed by atoms with Crippen LogP contribution in [0.15, 0.2) is 83.7 Å². The van der Waals surface area contributed by atoms with Gasteiger partial charge in [-0.25, -0.2) is 9.98 Å². The summed E-state index contributed by atoms with van der Waals surface area (Å²) in [6.07, 6.45) is 5.10. The quantitative estimate of drug-likeness (QED) is 0.360. The monoisotopic (exact) mass is 505 g/mol. The van der Waals surface area contributed by atoms with E-state index in [1.54, 1.807) is 18.5 Å². The van der Waals surface area contributed by atoms with Gasteiger partial charge in [-0.05, 0) is 43.5 Å². The largest absolute Gasteiger partial charge is 0.369 e. The molecule has 2 aromatic carbocycles. The minimum Gasteiger partial charge on any atom is -0.369 e. The molecule has 0 radical (unpaired) electrons. The van der Waals surface area contributed by atoms with E-state index in [1.165, 1.54) is 0 Å². The van der Waals surface area contributed by atoms with Crippen molar-refractivity contribution < 1.29 is 9.59 Å². The maximum Gasteiger partial charge on any atom is 0.275 e. The van der Waals surface area contributed by atoms with Gasteiger partial charge in [-0.15, -0.1) is 0 Å². The van der Waals surface area contributed by atoms with Gasteiger partial charge < -0.3 is 25.4 Å². The van der Waals surface area contributed by atoms with Crippen LogP contribution in [0.25, 0.3) is 17.1 Å². The number of nitrogens with zero attached hydrogens (tertiary/aromatic N) is 4. The van der Waals surface area contributed by atoms with E-state index in [9.17, 15) is 9.59 Å². The van der Waals surface area contributed by atoms with Crippen LogP contribution in [0.1, 0.15) is 21.5 Å². The van der Waals surface area contributed by atoms with Crippen molar-refractivity contribution in [2.75, 3.05) is 43.4 Å². The maximum atomic E-state index is 12.9. The summed E-state index contributed by atoms with van der Waals surface area (Å²) in [5.41, 5.74) is 4.81. The first-order valence-electron chi connectivity index (χ1n) is 12.5. The van der Waals surface area contributed by atoms with Gasteiger partial charge in [0.2, 0.25) is 0 Å². The Labute approximate surface area is 219 Å². The average molecular weight is 506 g/mol. The van der Waals surface area contributed by atoms with Gasteiger partial charge in [0, 0.05) is 60.1 Å². The molecule has 2 aliphatic heterocycles. The molecule has 9 heteroatoms. The second-order valence-corrected chi connectivity index (χ2v) is 9.47. The fraction of sp³-hybridized carbons (Fsp3) is 0.172. The van der Waals surface area contributed by atoms with Crippen molar-refractivity contribution in [3.63, 3.8) is 0 Å². The number of aromatic nitrogens is 2. The molecule has 0 spiro atoms. The number of amidine groups is 1. The number of carbonyl (C=O) groups is 2. The molecule has 38 heavy (non-hydrogen) atoms. The van der Waals surface area contributed by atoms with Crippen LogP contribution < -0.4 is 15.5 Å². The topological polar surface area (TPSA) is 106 Å². The number of pyridine rings is 1. The van der Waals surface area contributed by atoms with Crippen molar-refractivity contribution in [1.82, 2.24) is 20.2 Å². The first-order valence-corrected chi connectivity index (χ1v) is 12.5. The van der Waals surface area contributed by atoms with E-state index in [-0.39, 0.29) is 11.8 Å². The lowest BCUT2D eigenvalue weighted by atomic mass is 10.1. The number of likely N-dealkylation sites (N-methyl/N-ethyl adjacent to an activating group) is 1. The molecule has 2 aliphatic rings. The molecule has 9 nitrogen and oxygen atoms in total. The molecule has 190 valence electrons. The van der Waals surface area contributed by atoms with Gasteiger partial charge in [0.15, 0.2) is 0 Å². The van der Waals surface area contributed by atoms with Gasteiger partial charge in [-0.1, -0.05) is 30.3 Å². The molecule has 0 unspecified atom stereocenters. The average Bonchev–Trinajstić information content (AvgIpc) is 3.52. The second-order valence-electron chi connectivity index (χ2n) is 9.47. The predicted molar refractivity (Wildman–Crippen MR) is 149 cm³/mol. The number of H-pyrrole nitrogens is 1. The number of carbonyl (C=O) groups excluding carboxylic acids is 2. The standard InChI is InChI=1S/C29H27N7O2/c1-35-11-13-36(14-12-35)23-9-7-20(8-10-23)28(37)32-22-16-24-21(17-30-27(24)31-18-22)15-25-29(38)34-26(33-25)19-5-3-2-4-6-19/h2-10,15-18H,11-14H2,1H3,(H,30,31)(H,32,37)(H,33,34,38). The van der Waals surface area contributed by atoms with Gasteiger partial charge >= 0.3 is 0 Å². The number of rotatable bonds is 5. The minimum atomic E-state index is -0.268. The number of amides is 2. The number of nitrogens with one attached hydrogen (secondary N) is 3. The highest BCUT2D eigenvalue weighted by Crippen LogP contribution is 2.25. The highest BCUT2D eigenvalue weighted by atomic mass is 16.2. The Hall–Kier alpha value is -4.76. The summed E-state index contributed by atoms with van der Waals surface area (Å²) in [6.45, 7) is 4.01. The van der Waals surface area contributed by atoms with E-state index < -0.39 is 0 Å². The summed E-state index contributed by atoms with van der Waals surface area (Å²) in [5, 5.41) is 6.53. The van der Waals surface area contributed by atoms with Crippen LogP contribution in [-0.4, -0.2) is 65.7 Å². The summed E-state index contributed by atoms with van der Waals surface area (Å²) in [7, 11) is 2.13. The third kappa shape index (κ3) is 4.79. The number of fused-ring (bicyclic) bond motifs is 1. The zero-order chi connectivity index (χ0) is 26.1. The van der Waals surface area contributed by atoms with Crippen molar-refractivity contribution in [2.45, 2.75) is 0 Å². The van der Waals surface area contributed by atoms with Gasteiger partial charge in [-0.3, -0.25) is 9.59 Å². The van der Waals surface area contributed by atoms with E-state index in [2.05, 4.69) is 42.4 Å². The van der Waals surface area contributed by atoms with Gasteiger partial charge in [-0.2, -0.15) is 0 Å².